The van der Waals surface area contributed by atoms with E-state index in [0.29, 0.717) is 38.8 Å². The first kappa shape index (κ1) is 14.0. The topological polar surface area (TPSA) is 64.3 Å². The van der Waals surface area contributed by atoms with Crippen molar-refractivity contribution in [3.8, 4) is 6.07 Å². The number of carbonyl (C=O) groups is 1. The number of piperidine rings is 1. The molecular weight excluding hydrogens is 216 g/mol. The van der Waals surface area contributed by atoms with E-state index < -0.39 is 11.0 Å². The molecule has 96 valence electrons. The van der Waals surface area contributed by atoms with Gasteiger partial charge in [-0.15, -0.1) is 0 Å². The van der Waals surface area contributed by atoms with Gasteiger partial charge in [0.15, 0.2) is 0 Å². The van der Waals surface area contributed by atoms with Crippen LogP contribution in [-0.2, 0) is 4.79 Å². The van der Waals surface area contributed by atoms with Crippen molar-refractivity contribution in [2.24, 2.45) is 5.41 Å². The Morgan fingerprint density at radius 1 is 1.41 bits per heavy atom. The Morgan fingerprint density at radius 2 is 1.88 bits per heavy atom. The van der Waals surface area contributed by atoms with E-state index in [1.165, 1.54) is 0 Å². The van der Waals surface area contributed by atoms with Gasteiger partial charge in [0.05, 0.1) is 11.7 Å². The van der Waals surface area contributed by atoms with E-state index in [0.717, 1.165) is 0 Å². The molecular formula is C13H22N2O2. The fourth-order valence-electron chi connectivity index (χ4n) is 2.25. The predicted octanol–water partition coefficient (Wildman–Crippen LogP) is 1.69. The second-order valence-corrected chi connectivity index (χ2v) is 5.19. The predicted molar refractivity (Wildman–Crippen MR) is 65.1 cm³/mol. The molecule has 0 atom stereocenters. The van der Waals surface area contributed by atoms with Crippen molar-refractivity contribution in [2.75, 3.05) is 13.1 Å². The monoisotopic (exact) mass is 238 g/mol. The first-order valence-corrected chi connectivity index (χ1v) is 6.34. The van der Waals surface area contributed by atoms with E-state index in [1.54, 1.807) is 11.8 Å². The third kappa shape index (κ3) is 2.78. The first-order valence-electron chi connectivity index (χ1n) is 6.34. The lowest BCUT2D eigenvalue weighted by Crippen LogP contribution is -2.50. The van der Waals surface area contributed by atoms with Crippen LogP contribution in [0.25, 0.3) is 0 Å². The molecule has 1 saturated heterocycles. The van der Waals surface area contributed by atoms with Crippen molar-refractivity contribution in [1.29, 1.82) is 5.26 Å². The third-order valence-corrected chi connectivity index (χ3v) is 3.96. The highest BCUT2D eigenvalue weighted by Gasteiger charge is 2.40. The maximum atomic E-state index is 12.3. The lowest BCUT2D eigenvalue weighted by Gasteiger charge is -2.39. The summed E-state index contributed by atoms with van der Waals surface area (Å²) in [5.74, 6) is -0.0690. The van der Waals surface area contributed by atoms with E-state index in [1.807, 2.05) is 13.8 Å². The van der Waals surface area contributed by atoms with Crippen LogP contribution in [0.15, 0.2) is 0 Å². The molecule has 0 unspecified atom stereocenters. The summed E-state index contributed by atoms with van der Waals surface area (Å²) in [7, 11) is 0. The van der Waals surface area contributed by atoms with Crippen LogP contribution in [0, 0.1) is 16.7 Å². The minimum absolute atomic E-state index is 0.0690. The van der Waals surface area contributed by atoms with Crippen LogP contribution in [0.3, 0.4) is 0 Å². The Balaban J connectivity index is 2.75. The maximum absolute atomic E-state index is 12.3. The zero-order valence-electron chi connectivity index (χ0n) is 11.0. The quantitative estimate of drug-likeness (QED) is 0.813. The summed E-state index contributed by atoms with van der Waals surface area (Å²) in [5.41, 5.74) is -1.53. The van der Waals surface area contributed by atoms with Gasteiger partial charge in [-0.05, 0) is 32.6 Å². The van der Waals surface area contributed by atoms with E-state index in [9.17, 15) is 15.2 Å². The van der Waals surface area contributed by atoms with Gasteiger partial charge in [0, 0.05) is 13.1 Å². The van der Waals surface area contributed by atoms with Crippen LogP contribution >= 0.6 is 0 Å². The second-order valence-electron chi connectivity index (χ2n) is 5.19. The highest BCUT2D eigenvalue weighted by atomic mass is 16.3. The number of rotatable bonds is 3. The summed E-state index contributed by atoms with van der Waals surface area (Å²) in [5, 5.41) is 19.1. The van der Waals surface area contributed by atoms with Gasteiger partial charge in [-0.3, -0.25) is 4.79 Å². The molecule has 1 heterocycles. The van der Waals surface area contributed by atoms with Crippen molar-refractivity contribution in [2.45, 2.75) is 52.1 Å². The molecule has 1 amide bonds. The number of aliphatic hydroxyl groups is 1. The van der Waals surface area contributed by atoms with Crippen LogP contribution < -0.4 is 0 Å². The van der Waals surface area contributed by atoms with Crippen molar-refractivity contribution in [1.82, 2.24) is 4.90 Å². The van der Waals surface area contributed by atoms with Crippen LogP contribution in [-0.4, -0.2) is 34.6 Å². The minimum atomic E-state index is -0.872. The van der Waals surface area contributed by atoms with Crippen molar-refractivity contribution in [3.05, 3.63) is 0 Å². The van der Waals surface area contributed by atoms with E-state index in [4.69, 9.17) is 0 Å². The summed E-state index contributed by atoms with van der Waals surface area (Å²) in [6.07, 6.45) is 2.28. The standard InChI is InChI=1S/C13H22N2O2/c1-4-13(5-2,10-14)11(16)15-8-6-12(3,17)7-9-15/h17H,4-9H2,1-3H3. The van der Waals surface area contributed by atoms with Gasteiger partial charge in [-0.1, -0.05) is 13.8 Å². The zero-order valence-corrected chi connectivity index (χ0v) is 11.0. The number of amides is 1. The maximum Gasteiger partial charge on any atom is 0.243 e. The fourth-order valence-corrected chi connectivity index (χ4v) is 2.25. The average Bonchev–Trinajstić information content (AvgIpc) is 2.32. The largest absolute Gasteiger partial charge is 0.390 e. The Bertz CT molecular complexity index is 317. The van der Waals surface area contributed by atoms with Crippen LogP contribution in [0.1, 0.15) is 46.5 Å². The van der Waals surface area contributed by atoms with E-state index >= 15 is 0 Å². The second kappa shape index (κ2) is 5.05. The van der Waals surface area contributed by atoms with Crippen LogP contribution in [0.2, 0.25) is 0 Å². The molecule has 0 aliphatic carbocycles. The summed E-state index contributed by atoms with van der Waals surface area (Å²) in [6.45, 7) is 6.66. The molecule has 0 saturated carbocycles. The van der Waals surface area contributed by atoms with Crippen LogP contribution in [0.5, 0.6) is 0 Å². The zero-order chi connectivity index (χ0) is 13.1. The molecule has 0 aromatic rings. The number of carbonyl (C=O) groups excluding carboxylic acids is 1. The molecule has 4 nitrogen and oxygen atoms in total. The van der Waals surface area contributed by atoms with Crippen molar-refractivity contribution >= 4 is 5.91 Å². The van der Waals surface area contributed by atoms with Gasteiger partial charge in [0.25, 0.3) is 0 Å². The molecule has 0 bridgehead atoms. The SMILES string of the molecule is CCC(C#N)(CC)C(=O)N1CCC(C)(O)CC1. The Kier molecular flexibility index (Phi) is 4.16. The molecule has 17 heavy (non-hydrogen) atoms. The molecule has 1 aliphatic heterocycles. The summed E-state index contributed by atoms with van der Waals surface area (Å²) >= 11 is 0. The summed E-state index contributed by atoms with van der Waals surface area (Å²) in [4.78, 5) is 14.1. The molecule has 1 N–H and O–H groups in total. The van der Waals surface area contributed by atoms with Crippen LogP contribution in [0.4, 0.5) is 0 Å². The van der Waals surface area contributed by atoms with Crippen molar-refractivity contribution < 1.29 is 9.90 Å². The normalized spacial score (nSPS) is 19.8. The number of likely N-dealkylation sites (tertiary alicyclic amines) is 1. The number of hydrogen-bond donors (Lipinski definition) is 1. The molecule has 0 spiro atoms. The Labute approximate surface area is 103 Å². The smallest absolute Gasteiger partial charge is 0.243 e. The molecule has 0 aromatic heterocycles. The number of nitriles is 1. The Morgan fingerprint density at radius 3 is 2.24 bits per heavy atom. The molecule has 0 aromatic carbocycles. The molecule has 1 fully saturated rings. The molecule has 4 heteroatoms. The first-order chi connectivity index (χ1) is 7.90. The highest BCUT2D eigenvalue weighted by Crippen LogP contribution is 2.31. The van der Waals surface area contributed by atoms with Gasteiger partial charge >= 0.3 is 0 Å². The average molecular weight is 238 g/mol. The third-order valence-electron chi connectivity index (χ3n) is 3.96. The lowest BCUT2D eigenvalue weighted by molar-refractivity contribution is -0.143. The van der Waals surface area contributed by atoms with Gasteiger partial charge in [0.1, 0.15) is 5.41 Å². The molecule has 0 radical (unpaired) electrons. The van der Waals surface area contributed by atoms with Gasteiger partial charge < -0.3 is 10.0 Å². The lowest BCUT2D eigenvalue weighted by atomic mass is 9.81. The number of hydrogen-bond acceptors (Lipinski definition) is 3. The summed E-state index contributed by atoms with van der Waals surface area (Å²) in [6, 6.07) is 2.18. The summed E-state index contributed by atoms with van der Waals surface area (Å²) < 4.78 is 0. The fraction of sp³-hybridized carbons (Fsp3) is 0.846. The number of nitrogens with zero attached hydrogens (tertiary/aromatic N) is 2. The van der Waals surface area contributed by atoms with E-state index in [2.05, 4.69) is 6.07 Å². The molecule has 1 aliphatic rings. The van der Waals surface area contributed by atoms with Gasteiger partial charge in [-0.2, -0.15) is 5.26 Å². The minimum Gasteiger partial charge on any atom is -0.390 e. The van der Waals surface area contributed by atoms with E-state index in [-0.39, 0.29) is 5.91 Å². The van der Waals surface area contributed by atoms with Gasteiger partial charge in [-0.25, -0.2) is 0 Å². The Hall–Kier alpha value is -1.08. The van der Waals surface area contributed by atoms with Gasteiger partial charge in [0.2, 0.25) is 5.91 Å². The molecule has 1 rings (SSSR count). The van der Waals surface area contributed by atoms with Crippen molar-refractivity contribution in [3.63, 3.8) is 0 Å². The highest BCUT2D eigenvalue weighted by molar-refractivity contribution is 5.85.